The Balaban J connectivity index is 1.83. The van der Waals surface area contributed by atoms with E-state index in [1.165, 1.54) is 12.8 Å². The molecule has 3 N–H and O–H groups in total. The van der Waals surface area contributed by atoms with Crippen molar-refractivity contribution in [3.63, 3.8) is 0 Å². The fourth-order valence-electron chi connectivity index (χ4n) is 2.75. The van der Waals surface area contributed by atoms with Crippen molar-refractivity contribution < 1.29 is 14.7 Å². The largest absolute Gasteiger partial charge is 0.480 e. The van der Waals surface area contributed by atoms with Gasteiger partial charge in [0.25, 0.3) is 0 Å². The Morgan fingerprint density at radius 3 is 2.26 bits per heavy atom. The summed E-state index contributed by atoms with van der Waals surface area (Å²) in [5.74, 6) is -0.353. The van der Waals surface area contributed by atoms with E-state index in [1.807, 2.05) is 0 Å². The molecule has 2 fully saturated rings. The Kier molecular flexibility index (Phi) is 4.80. The number of carboxylic acids is 1. The fraction of sp³-hybridized carbons (Fsp3) is 0.857. The highest BCUT2D eigenvalue weighted by atomic mass is 16.4. The zero-order chi connectivity index (χ0) is 13.7. The van der Waals surface area contributed by atoms with Gasteiger partial charge in [0.05, 0.1) is 6.54 Å². The number of nitrogens with one attached hydrogen (secondary N) is 2. The topological polar surface area (TPSA) is 78.4 Å². The van der Waals surface area contributed by atoms with Crippen molar-refractivity contribution in [1.82, 2.24) is 10.6 Å². The van der Waals surface area contributed by atoms with Crippen molar-refractivity contribution in [2.75, 3.05) is 13.1 Å². The average Bonchev–Trinajstić information content (AvgIpc) is 3.16. The van der Waals surface area contributed by atoms with Gasteiger partial charge in [0, 0.05) is 0 Å². The Morgan fingerprint density at radius 2 is 1.74 bits per heavy atom. The van der Waals surface area contributed by atoms with Crippen LogP contribution in [0.15, 0.2) is 0 Å². The highest BCUT2D eigenvalue weighted by Crippen LogP contribution is 2.28. The second-order valence-corrected chi connectivity index (χ2v) is 5.92. The number of hydrogen-bond donors (Lipinski definition) is 3. The van der Waals surface area contributed by atoms with Crippen LogP contribution in [0.25, 0.3) is 0 Å². The molecule has 5 nitrogen and oxygen atoms in total. The lowest BCUT2D eigenvalue weighted by Gasteiger charge is -2.29. The lowest BCUT2D eigenvalue weighted by molar-refractivity contribution is -0.148. The molecule has 5 heteroatoms. The number of carbonyl (C=O) groups is 2. The molecule has 108 valence electrons. The van der Waals surface area contributed by atoms with Gasteiger partial charge in [-0.2, -0.15) is 0 Å². The summed E-state index contributed by atoms with van der Waals surface area (Å²) < 4.78 is 0. The van der Waals surface area contributed by atoms with Crippen LogP contribution in [0.1, 0.15) is 51.4 Å². The summed E-state index contributed by atoms with van der Waals surface area (Å²) in [7, 11) is 0. The first-order chi connectivity index (χ1) is 9.12. The van der Waals surface area contributed by atoms with Crippen molar-refractivity contribution >= 4 is 11.9 Å². The van der Waals surface area contributed by atoms with Gasteiger partial charge < -0.3 is 15.7 Å². The van der Waals surface area contributed by atoms with Gasteiger partial charge in [-0.25, -0.2) is 4.79 Å². The summed E-state index contributed by atoms with van der Waals surface area (Å²) in [6.07, 6.45) is 7.47. The molecule has 0 aliphatic heterocycles. The van der Waals surface area contributed by atoms with Crippen molar-refractivity contribution in [2.45, 2.75) is 56.9 Å². The Morgan fingerprint density at radius 1 is 1.11 bits per heavy atom. The molecule has 1 amide bonds. The van der Waals surface area contributed by atoms with E-state index in [0.717, 1.165) is 38.1 Å². The predicted molar refractivity (Wildman–Crippen MR) is 71.8 cm³/mol. The molecule has 2 saturated carbocycles. The third-order valence-corrected chi connectivity index (χ3v) is 4.16. The average molecular weight is 268 g/mol. The molecule has 19 heavy (non-hydrogen) atoms. The molecule has 0 atom stereocenters. The van der Waals surface area contributed by atoms with Gasteiger partial charge in [-0.15, -0.1) is 0 Å². The van der Waals surface area contributed by atoms with E-state index in [0.29, 0.717) is 12.8 Å². The minimum absolute atomic E-state index is 0.190. The molecule has 2 rings (SSSR count). The predicted octanol–water partition coefficient (Wildman–Crippen LogP) is 1.28. The third-order valence-electron chi connectivity index (χ3n) is 4.16. The summed E-state index contributed by atoms with van der Waals surface area (Å²) in [5, 5.41) is 15.3. The van der Waals surface area contributed by atoms with Crippen molar-refractivity contribution in [2.24, 2.45) is 5.92 Å². The first-order valence-corrected chi connectivity index (χ1v) is 7.37. The van der Waals surface area contributed by atoms with Crippen LogP contribution in [0.4, 0.5) is 0 Å². The molecule has 0 spiro atoms. The van der Waals surface area contributed by atoms with Gasteiger partial charge in [-0.3, -0.25) is 4.79 Å². The maximum Gasteiger partial charge on any atom is 0.329 e. The van der Waals surface area contributed by atoms with E-state index < -0.39 is 11.5 Å². The van der Waals surface area contributed by atoms with Crippen LogP contribution in [0.3, 0.4) is 0 Å². The van der Waals surface area contributed by atoms with E-state index in [2.05, 4.69) is 10.6 Å². The Hall–Kier alpha value is -1.10. The molecule has 0 radical (unpaired) electrons. The molecule has 2 aliphatic rings. The van der Waals surface area contributed by atoms with Gasteiger partial charge in [0.1, 0.15) is 5.54 Å². The second kappa shape index (κ2) is 6.37. The zero-order valence-corrected chi connectivity index (χ0v) is 11.4. The molecule has 0 aromatic heterocycles. The van der Waals surface area contributed by atoms with Gasteiger partial charge >= 0.3 is 5.97 Å². The van der Waals surface area contributed by atoms with Crippen molar-refractivity contribution in [3.8, 4) is 0 Å². The quantitative estimate of drug-likeness (QED) is 0.634. The molecule has 2 aliphatic carbocycles. The van der Waals surface area contributed by atoms with E-state index in [1.54, 1.807) is 0 Å². The number of hydrogen-bond acceptors (Lipinski definition) is 3. The summed E-state index contributed by atoms with van der Waals surface area (Å²) in [6.45, 7) is 1.10. The maximum absolute atomic E-state index is 11.9. The van der Waals surface area contributed by atoms with Crippen LogP contribution in [-0.2, 0) is 9.59 Å². The van der Waals surface area contributed by atoms with Crippen LogP contribution < -0.4 is 10.6 Å². The molecule has 0 unspecified atom stereocenters. The van der Waals surface area contributed by atoms with Gasteiger partial charge in [-0.05, 0) is 38.1 Å². The normalized spacial score (nSPS) is 22.5. The maximum atomic E-state index is 11.9. The Bertz CT molecular complexity index is 332. The van der Waals surface area contributed by atoms with Gasteiger partial charge in [-0.1, -0.05) is 25.7 Å². The lowest BCUT2D eigenvalue weighted by Crippen LogP contribution is -2.56. The molecule has 0 aromatic carbocycles. The van der Waals surface area contributed by atoms with Crippen molar-refractivity contribution in [1.29, 1.82) is 0 Å². The fourth-order valence-corrected chi connectivity index (χ4v) is 2.75. The summed E-state index contributed by atoms with van der Waals surface area (Å²) in [4.78, 5) is 23.4. The van der Waals surface area contributed by atoms with Crippen LogP contribution in [0, 0.1) is 5.92 Å². The smallest absolute Gasteiger partial charge is 0.329 e. The third kappa shape index (κ3) is 4.20. The first-order valence-electron chi connectivity index (χ1n) is 7.37. The van der Waals surface area contributed by atoms with Crippen LogP contribution in [-0.4, -0.2) is 35.6 Å². The van der Waals surface area contributed by atoms with E-state index in [4.69, 9.17) is 0 Å². The van der Waals surface area contributed by atoms with Crippen LogP contribution in [0.5, 0.6) is 0 Å². The summed E-state index contributed by atoms with van der Waals surface area (Å²) in [5.41, 5.74) is -1.03. The molecule has 0 saturated heterocycles. The zero-order valence-electron chi connectivity index (χ0n) is 11.4. The number of carbonyl (C=O) groups excluding carboxylic acids is 1. The summed E-state index contributed by atoms with van der Waals surface area (Å²) >= 11 is 0. The van der Waals surface area contributed by atoms with E-state index in [-0.39, 0.29) is 12.5 Å². The molecule has 0 heterocycles. The number of aliphatic carboxylic acids is 1. The number of carboxylic acid groups (broad SMARTS) is 1. The van der Waals surface area contributed by atoms with E-state index in [9.17, 15) is 14.7 Å². The highest BCUT2D eigenvalue weighted by Gasteiger charge is 2.39. The minimum atomic E-state index is -1.03. The number of amides is 1. The second-order valence-electron chi connectivity index (χ2n) is 5.92. The SMILES string of the molecule is O=C(CNCC1CC1)NC1(C(=O)O)CCCCCC1. The summed E-state index contributed by atoms with van der Waals surface area (Å²) in [6, 6.07) is 0. The minimum Gasteiger partial charge on any atom is -0.480 e. The van der Waals surface area contributed by atoms with E-state index >= 15 is 0 Å². The molecular formula is C14H24N2O3. The van der Waals surface area contributed by atoms with Gasteiger partial charge in [0.2, 0.25) is 5.91 Å². The van der Waals surface area contributed by atoms with Gasteiger partial charge in [0.15, 0.2) is 0 Å². The molecular weight excluding hydrogens is 244 g/mol. The highest BCUT2D eigenvalue weighted by molar-refractivity contribution is 5.87. The first kappa shape index (κ1) is 14.3. The Labute approximate surface area is 114 Å². The molecule has 0 bridgehead atoms. The monoisotopic (exact) mass is 268 g/mol. The van der Waals surface area contributed by atoms with Crippen molar-refractivity contribution in [3.05, 3.63) is 0 Å². The standard InChI is InChI=1S/C14H24N2O3/c17-12(10-15-9-11-5-6-11)16-14(13(18)19)7-3-1-2-4-8-14/h11,15H,1-10H2,(H,16,17)(H,18,19). The number of rotatable bonds is 6. The van der Waals surface area contributed by atoms with Crippen LogP contribution >= 0.6 is 0 Å². The van der Waals surface area contributed by atoms with Crippen LogP contribution in [0.2, 0.25) is 0 Å². The molecule has 0 aromatic rings. The lowest BCUT2D eigenvalue weighted by atomic mass is 9.90.